The summed E-state index contributed by atoms with van der Waals surface area (Å²) in [5, 5.41) is 3.58. The highest BCUT2D eigenvalue weighted by atomic mass is 15.3. The highest BCUT2D eigenvalue weighted by Crippen LogP contribution is 2.28. The van der Waals surface area contributed by atoms with Crippen molar-refractivity contribution in [1.29, 1.82) is 0 Å². The minimum atomic E-state index is 0.188. The number of piperazine rings is 1. The number of nitrogens with one attached hydrogen (secondary N) is 1. The minimum absolute atomic E-state index is 0.188. The molecule has 0 saturated carbocycles. The van der Waals surface area contributed by atoms with Crippen molar-refractivity contribution in [2.45, 2.75) is 45.7 Å². The monoisotopic (exact) mass is 290 g/mol. The van der Waals surface area contributed by atoms with E-state index in [0.717, 1.165) is 38.4 Å². The summed E-state index contributed by atoms with van der Waals surface area (Å²) in [6.07, 6.45) is 3.07. The van der Waals surface area contributed by atoms with Gasteiger partial charge in [0, 0.05) is 43.0 Å². The number of anilines is 1. The second kappa shape index (κ2) is 6.75. The van der Waals surface area contributed by atoms with Crippen LogP contribution in [0.15, 0.2) is 18.3 Å². The molecular weight excluding hydrogens is 260 g/mol. The minimum Gasteiger partial charge on any atom is -0.353 e. The molecule has 2 rings (SSSR count). The van der Waals surface area contributed by atoms with Gasteiger partial charge in [0.15, 0.2) is 0 Å². The fourth-order valence-electron chi connectivity index (χ4n) is 2.90. The maximum atomic E-state index is 4.69. The van der Waals surface area contributed by atoms with E-state index < -0.39 is 0 Å². The molecule has 21 heavy (non-hydrogen) atoms. The van der Waals surface area contributed by atoms with Crippen molar-refractivity contribution in [3.63, 3.8) is 0 Å². The van der Waals surface area contributed by atoms with E-state index >= 15 is 0 Å². The van der Waals surface area contributed by atoms with Crippen LogP contribution < -0.4 is 10.2 Å². The Morgan fingerprint density at radius 3 is 2.81 bits per heavy atom. The molecule has 1 N–H and O–H groups in total. The quantitative estimate of drug-likeness (QED) is 0.903. The largest absolute Gasteiger partial charge is 0.353 e. The van der Waals surface area contributed by atoms with E-state index in [0.29, 0.717) is 6.04 Å². The van der Waals surface area contributed by atoms with Crippen molar-refractivity contribution in [1.82, 2.24) is 15.2 Å². The Kier molecular flexibility index (Phi) is 5.22. The number of rotatable bonds is 5. The zero-order valence-corrected chi connectivity index (χ0v) is 14.2. The molecule has 118 valence electrons. The van der Waals surface area contributed by atoms with Crippen molar-refractivity contribution in [2.24, 2.45) is 0 Å². The molecule has 1 atom stereocenters. The van der Waals surface area contributed by atoms with Crippen LogP contribution in [0, 0.1) is 0 Å². The average Bonchev–Trinajstić information content (AvgIpc) is 2.47. The lowest BCUT2D eigenvalue weighted by molar-refractivity contribution is 0.138. The Morgan fingerprint density at radius 2 is 2.14 bits per heavy atom. The summed E-state index contributed by atoms with van der Waals surface area (Å²) >= 11 is 0. The maximum absolute atomic E-state index is 4.69. The van der Waals surface area contributed by atoms with Gasteiger partial charge in [-0.25, -0.2) is 4.98 Å². The number of aromatic nitrogens is 1. The Morgan fingerprint density at radius 1 is 1.38 bits per heavy atom. The normalized spacial score (nSPS) is 20.5. The van der Waals surface area contributed by atoms with Gasteiger partial charge >= 0.3 is 0 Å². The molecule has 0 aliphatic carbocycles. The van der Waals surface area contributed by atoms with E-state index in [9.17, 15) is 0 Å². The van der Waals surface area contributed by atoms with Gasteiger partial charge in [-0.15, -0.1) is 0 Å². The van der Waals surface area contributed by atoms with Crippen molar-refractivity contribution < 1.29 is 0 Å². The molecule has 1 aliphatic rings. The summed E-state index contributed by atoms with van der Waals surface area (Å²) < 4.78 is 0. The van der Waals surface area contributed by atoms with Crippen molar-refractivity contribution in [3.05, 3.63) is 23.9 Å². The first kappa shape index (κ1) is 16.2. The summed E-state index contributed by atoms with van der Waals surface area (Å²) in [7, 11) is 2.21. The van der Waals surface area contributed by atoms with E-state index in [-0.39, 0.29) is 5.54 Å². The second-order valence-corrected chi connectivity index (χ2v) is 6.75. The van der Waals surface area contributed by atoms with Crippen LogP contribution in [0.5, 0.6) is 0 Å². The number of hydrogen-bond acceptors (Lipinski definition) is 4. The molecule has 4 heteroatoms. The third-order valence-electron chi connectivity index (χ3n) is 4.60. The van der Waals surface area contributed by atoms with Crippen LogP contribution in [-0.4, -0.2) is 48.6 Å². The molecule has 1 saturated heterocycles. The molecule has 4 nitrogen and oxygen atoms in total. The Bertz CT molecular complexity index is 458. The van der Waals surface area contributed by atoms with Crippen LogP contribution in [0.2, 0.25) is 0 Å². The Balaban J connectivity index is 2.20. The first-order valence-electron chi connectivity index (χ1n) is 8.10. The zero-order valence-electron chi connectivity index (χ0n) is 14.2. The molecule has 0 spiro atoms. The third-order valence-corrected chi connectivity index (χ3v) is 4.60. The van der Waals surface area contributed by atoms with Crippen LogP contribution >= 0.6 is 0 Å². The predicted molar refractivity (Wildman–Crippen MR) is 89.9 cm³/mol. The lowest BCUT2D eigenvalue weighted by Crippen LogP contribution is -2.58. The topological polar surface area (TPSA) is 31.4 Å². The van der Waals surface area contributed by atoms with Gasteiger partial charge in [0.1, 0.15) is 5.82 Å². The maximum Gasteiger partial charge on any atom is 0.133 e. The molecule has 0 aromatic carbocycles. The van der Waals surface area contributed by atoms with Gasteiger partial charge in [0.2, 0.25) is 0 Å². The molecule has 1 fully saturated rings. The molecule has 0 amide bonds. The van der Waals surface area contributed by atoms with Gasteiger partial charge in [-0.05, 0) is 46.9 Å². The van der Waals surface area contributed by atoms with Gasteiger partial charge in [0.25, 0.3) is 0 Å². The summed E-state index contributed by atoms with van der Waals surface area (Å²) in [4.78, 5) is 9.57. The van der Waals surface area contributed by atoms with Gasteiger partial charge in [0.05, 0.1) is 0 Å². The Labute approximate surface area is 129 Å². The van der Waals surface area contributed by atoms with Crippen LogP contribution in [0.25, 0.3) is 0 Å². The van der Waals surface area contributed by atoms with Crippen LogP contribution in [0.4, 0.5) is 5.82 Å². The van der Waals surface area contributed by atoms with E-state index in [2.05, 4.69) is 60.9 Å². The average molecular weight is 290 g/mol. The molecule has 0 radical (unpaired) electrons. The summed E-state index contributed by atoms with van der Waals surface area (Å²) in [5.74, 6) is 1.15. The van der Waals surface area contributed by atoms with Crippen LogP contribution in [0.3, 0.4) is 0 Å². The lowest BCUT2D eigenvalue weighted by atomic mass is 9.98. The summed E-state index contributed by atoms with van der Waals surface area (Å²) in [6.45, 7) is 13.2. The number of hydrogen-bond donors (Lipinski definition) is 1. The van der Waals surface area contributed by atoms with Gasteiger partial charge in [-0.2, -0.15) is 0 Å². The van der Waals surface area contributed by atoms with Crippen LogP contribution in [-0.2, 0) is 0 Å². The zero-order chi connectivity index (χ0) is 15.5. The van der Waals surface area contributed by atoms with E-state index in [1.54, 1.807) is 0 Å². The van der Waals surface area contributed by atoms with Gasteiger partial charge in [-0.1, -0.05) is 13.0 Å². The van der Waals surface area contributed by atoms with Gasteiger partial charge < -0.3 is 10.2 Å². The van der Waals surface area contributed by atoms with Crippen LogP contribution in [0.1, 0.15) is 45.7 Å². The van der Waals surface area contributed by atoms with Crippen molar-refractivity contribution in [2.75, 3.05) is 38.1 Å². The SMILES string of the molecule is CCCNC(C)c1cccnc1N1CCN(C)C(C)(C)C1. The number of pyridine rings is 1. The van der Waals surface area contributed by atoms with E-state index in [1.807, 2.05) is 12.3 Å². The smallest absolute Gasteiger partial charge is 0.133 e. The molecule has 1 unspecified atom stereocenters. The molecule has 0 bridgehead atoms. The summed E-state index contributed by atoms with van der Waals surface area (Å²) in [6, 6.07) is 4.60. The van der Waals surface area contributed by atoms with E-state index in [4.69, 9.17) is 0 Å². The van der Waals surface area contributed by atoms with E-state index in [1.165, 1.54) is 5.56 Å². The fraction of sp³-hybridized carbons (Fsp3) is 0.706. The number of likely N-dealkylation sites (N-methyl/N-ethyl adjacent to an activating group) is 1. The summed E-state index contributed by atoms with van der Waals surface area (Å²) in [5.41, 5.74) is 1.50. The third kappa shape index (κ3) is 3.74. The highest BCUT2D eigenvalue weighted by Gasteiger charge is 2.32. The highest BCUT2D eigenvalue weighted by molar-refractivity contribution is 5.49. The molecule has 1 aromatic heterocycles. The molecule has 1 aliphatic heterocycles. The lowest BCUT2D eigenvalue weighted by Gasteiger charge is -2.46. The first-order chi connectivity index (χ1) is 9.95. The number of nitrogens with zero attached hydrogens (tertiary/aromatic N) is 3. The Hall–Kier alpha value is -1.13. The van der Waals surface area contributed by atoms with Crippen molar-refractivity contribution in [3.8, 4) is 0 Å². The first-order valence-corrected chi connectivity index (χ1v) is 8.10. The molecule has 1 aromatic rings. The second-order valence-electron chi connectivity index (χ2n) is 6.75. The fourth-order valence-corrected chi connectivity index (χ4v) is 2.90. The molecule has 2 heterocycles. The van der Waals surface area contributed by atoms with Gasteiger partial charge in [-0.3, -0.25) is 4.90 Å². The van der Waals surface area contributed by atoms with Crippen molar-refractivity contribution >= 4 is 5.82 Å². The molecular formula is C17H30N4. The predicted octanol–water partition coefficient (Wildman–Crippen LogP) is 2.67. The standard InChI is InChI=1S/C17H30N4/c1-6-9-18-14(2)15-8-7-10-19-16(15)21-12-11-20(5)17(3,4)13-21/h7-8,10,14,18H,6,9,11-13H2,1-5H3.